The Hall–Kier alpha value is -3.55. The normalized spacial score (nSPS) is 15.3. The number of rotatable bonds is 6. The van der Waals surface area contributed by atoms with Gasteiger partial charge in [0.15, 0.2) is 6.61 Å². The number of nitrogens with zero attached hydrogens (tertiary/aromatic N) is 2. The quantitative estimate of drug-likeness (QED) is 0.768. The lowest BCUT2D eigenvalue weighted by Gasteiger charge is -2.30. The Morgan fingerprint density at radius 2 is 1.94 bits per heavy atom. The van der Waals surface area contributed by atoms with E-state index in [0.29, 0.717) is 23.5 Å². The van der Waals surface area contributed by atoms with E-state index in [1.165, 1.54) is 4.90 Å². The monoisotopic (exact) mass is 423 g/mol. The Balaban J connectivity index is 1.48. The van der Waals surface area contributed by atoms with Crippen LogP contribution in [0.15, 0.2) is 42.5 Å². The Morgan fingerprint density at radius 1 is 1.13 bits per heavy atom. The van der Waals surface area contributed by atoms with Gasteiger partial charge in [-0.25, -0.2) is 0 Å². The molecule has 2 aliphatic heterocycles. The number of hydrogen-bond donors (Lipinski definition) is 1. The number of methoxy groups -OCH3 is 1. The number of amides is 3. The fraction of sp³-hybridized carbons (Fsp3) is 0.348. The molecule has 2 heterocycles. The van der Waals surface area contributed by atoms with Crippen LogP contribution in [-0.4, -0.2) is 56.0 Å². The zero-order valence-electron chi connectivity index (χ0n) is 17.4. The Morgan fingerprint density at radius 3 is 2.71 bits per heavy atom. The first-order valence-corrected chi connectivity index (χ1v) is 10.3. The van der Waals surface area contributed by atoms with Crippen molar-refractivity contribution in [3.8, 4) is 11.5 Å². The molecule has 162 valence electrons. The molecule has 2 aliphatic rings. The van der Waals surface area contributed by atoms with E-state index in [1.54, 1.807) is 30.2 Å². The molecule has 2 aromatic rings. The lowest BCUT2D eigenvalue weighted by Crippen LogP contribution is -2.46. The van der Waals surface area contributed by atoms with Crippen LogP contribution in [0.4, 0.5) is 5.69 Å². The molecular weight excluding hydrogens is 398 g/mol. The molecule has 0 radical (unpaired) electrons. The van der Waals surface area contributed by atoms with E-state index in [2.05, 4.69) is 5.32 Å². The summed E-state index contributed by atoms with van der Waals surface area (Å²) in [6.07, 6.45) is 1.97. The van der Waals surface area contributed by atoms with Gasteiger partial charge >= 0.3 is 0 Å². The van der Waals surface area contributed by atoms with Crippen molar-refractivity contribution in [3.63, 3.8) is 0 Å². The predicted octanol–water partition coefficient (Wildman–Crippen LogP) is 1.97. The van der Waals surface area contributed by atoms with Gasteiger partial charge in [0.05, 0.1) is 12.8 Å². The molecule has 2 aromatic carbocycles. The van der Waals surface area contributed by atoms with Gasteiger partial charge in [0, 0.05) is 25.2 Å². The molecule has 0 atom stereocenters. The van der Waals surface area contributed by atoms with E-state index in [4.69, 9.17) is 9.47 Å². The maximum absolute atomic E-state index is 12.7. The number of likely N-dealkylation sites (tertiary alicyclic amines) is 1. The van der Waals surface area contributed by atoms with Gasteiger partial charge in [-0.1, -0.05) is 12.1 Å². The van der Waals surface area contributed by atoms with Crippen molar-refractivity contribution < 1.29 is 23.9 Å². The first-order chi connectivity index (χ1) is 15.0. The number of ether oxygens (including phenoxy) is 2. The summed E-state index contributed by atoms with van der Waals surface area (Å²) in [5.41, 5.74) is 1.73. The summed E-state index contributed by atoms with van der Waals surface area (Å²) in [6, 6.07) is 12.4. The SMILES string of the molecule is COc1cccc(CNC(=O)c2ccc3c(c2)N(CC(=O)N2CCCC2)C(=O)CO3)c1. The highest BCUT2D eigenvalue weighted by molar-refractivity contribution is 6.04. The van der Waals surface area contributed by atoms with E-state index >= 15 is 0 Å². The second kappa shape index (κ2) is 9.07. The number of benzene rings is 2. The van der Waals surface area contributed by atoms with Crippen molar-refractivity contribution in [1.82, 2.24) is 10.2 Å². The van der Waals surface area contributed by atoms with Gasteiger partial charge in [0.25, 0.3) is 11.8 Å². The molecule has 0 spiro atoms. The van der Waals surface area contributed by atoms with E-state index in [9.17, 15) is 14.4 Å². The maximum atomic E-state index is 12.7. The maximum Gasteiger partial charge on any atom is 0.265 e. The van der Waals surface area contributed by atoms with Gasteiger partial charge in [-0.2, -0.15) is 0 Å². The molecule has 4 rings (SSSR count). The predicted molar refractivity (Wildman–Crippen MR) is 114 cm³/mol. The number of carbonyl (C=O) groups excluding carboxylic acids is 3. The summed E-state index contributed by atoms with van der Waals surface area (Å²) < 4.78 is 10.7. The lowest BCUT2D eigenvalue weighted by molar-refractivity contribution is -0.131. The van der Waals surface area contributed by atoms with Gasteiger partial charge in [-0.15, -0.1) is 0 Å². The fourth-order valence-electron chi connectivity index (χ4n) is 3.79. The summed E-state index contributed by atoms with van der Waals surface area (Å²) in [4.78, 5) is 41.0. The Labute approximate surface area is 180 Å². The van der Waals surface area contributed by atoms with Crippen molar-refractivity contribution in [3.05, 3.63) is 53.6 Å². The molecular formula is C23H25N3O5. The Bertz CT molecular complexity index is 1000. The van der Waals surface area contributed by atoms with Crippen LogP contribution in [0, 0.1) is 0 Å². The van der Waals surface area contributed by atoms with Crippen LogP contribution in [0.3, 0.4) is 0 Å². The summed E-state index contributed by atoms with van der Waals surface area (Å²) in [7, 11) is 1.59. The highest BCUT2D eigenvalue weighted by Crippen LogP contribution is 2.33. The number of anilines is 1. The second-order valence-corrected chi connectivity index (χ2v) is 7.57. The molecule has 8 nitrogen and oxygen atoms in total. The van der Waals surface area contributed by atoms with Crippen LogP contribution in [0.1, 0.15) is 28.8 Å². The lowest BCUT2D eigenvalue weighted by atomic mass is 10.1. The van der Waals surface area contributed by atoms with Crippen molar-refractivity contribution in [2.24, 2.45) is 0 Å². The third-order valence-electron chi connectivity index (χ3n) is 5.50. The van der Waals surface area contributed by atoms with E-state index < -0.39 is 0 Å². The van der Waals surface area contributed by atoms with Gasteiger partial charge in [-0.3, -0.25) is 19.3 Å². The zero-order valence-corrected chi connectivity index (χ0v) is 17.4. The minimum atomic E-state index is -0.297. The number of nitrogens with one attached hydrogen (secondary N) is 1. The van der Waals surface area contributed by atoms with Gasteiger partial charge in [0.1, 0.15) is 18.0 Å². The van der Waals surface area contributed by atoms with Crippen molar-refractivity contribution >= 4 is 23.4 Å². The molecule has 0 aliphatic carbocycles. The van der Waals surface area contributed by atoms with E-state index in [0.717, 1.165) is 37.2 Å². The zero-order chi connectivity index (χ0) is 21.8. The number of fused-ring (bicyclic) bond motifs is 1. The highest BCUT2D eigenvalue weighted by atomic mass is 16.5. The minimum Gasteiger partial charge on any atom is -0.497 e. The van der Waals surface area contributed by atoms with Crippen molar-refractivity contribution in [2.45, 2.75) is 19.4 Å². The summed E-state index contributed by atoms with van der Waals surface area (Å²) in [6.45, 7) is 1.60. The number of carbonyl (C=O) groups is 3. The third-order valence-corrected chi connectivity index (χ3v) is 5.50. The molecule has 8 heteroatoms. The second-order valence-electron chi connectivity index (χ2n) is 7.57. The highest BCUT2D eigenvalue weighted by Gasteiger charge is 2.30. The first kappa shape index (κ1) is 20.7. The summed E-state index contributed by atoms with van der Waals surface area (Å²) in [5, 5.41) is 2.87. The van der Waals surface area contributed by atoms with Crippen LogP contribution >= 0.6 is 0 Å². The van der Waals surface area contributed by atoms with Gasteiger partial charge in [-0.05, 0) is 48.7 Å². The van der Waals surface area contributed by atoms with Crippen LogP contribution in [0.25, 0.3) is 0 Å². The standard InChI is InChI=1S/C23H25N3O5/c1-30-18-6-4-5-16(11-18)13-24-23(29)17-7-8-20-19(12-17)26(22(28)15-31-20)14-21(27)25-9-2-3-10-25/h4-8,11-12H,2-3,9-10,13-15H2,1H3,(H,24,29). The average molecular weight is 423 g/mol. The summed E-state index contributed by atoms with van der Waals surface area (Å²) in [5.74, 6) is 0.530. The van der Waals surface area contributed by atoms with Crippen molar-refractivity contribution in [2.75, 3.05) is 38.3 Å². The van der Waals surface area contributed by atoms with Crippen LogP contribution in [0.5, 0.6) is 11.5 Å². The van der Waals surface area contributed by atoms with Crippen LogP contribution < -0.4 is 19.7 Å². The Kier molecular flexibility index (Phi) is 6.06. The minimum absolute atomic E-state index is 0.0515. The van der Waals surface area contributed by atoms with Crippen LogP contribution in [0.2, 0.25) is 0 Å². The van der Waals surface area contributed by atoms with Gasteiger partial charge < -0.3 is 19.7 Å². The topological polar surface area (TPSA) is 88.2 Å². The first-order valence-electron chi connectivity index (χ1n) is 10.3. The number of hydrogen-bond acceptors (Lipinski definition) is 5. The van der Waals surface area contributed by atoms with E-state index in [-0.39, 0.29) is 30.9 Å². The fourth-order valence-corrected chi connectivity index (χ4v) is 3.79. The third kappa shape index (κ3) is 4.63. The molecule has 1 fully saturated rings. The molecule has 0 unspecified atom stereocenters. The molecule has 0 bridgehead atoms. The molecule has 1 N–H and O–H groups in total. The molecule has 0 aromatic heterocycles. The average Bonchev–Trinajstić information content (AvgIpc) is 3.34. The molecule has 3 amide bonds. The molecule has 0 saturated carbocycles. The molecule has 1 saturated heterocycles. The largest absolute Gasteiger partial charge is 0.497 e. The smallest absolute Gasteiger partial charge is 0.265 e. The van der Waals surface area contributed by atoms with Gasteiger partial charge in [0.2, 0.25) is 5.91 Å². The van der Waals surface area contributed by atoms with Crippen LogP contribution in [-0.2, 0) is 16.1 Å². The summed E-state index contributed by atoms with van der Waals surface area (Å²) >= 11 is 0. The van der Waals surface area contributed by atoms with Crippen molar-refractivity contribution in [1.29, 1.82) is 0 Å². The van der Waals surface area contributed by atoms with E-state index in [1.807, 2.05) is 24.3 Å². The molecule has 31 heavy (non-hydrogen) atoms.